The van der Waals surface area contributed by atoms with Crippen LogP contribution < -0.4 is 10.6 Å². The highest BCUT2D eigenvalue weighted by molar-refractivity contribution is 9.10. The zero-order valence-corrected chi connectivity index (χ0v) is 9.40. The number of sulfonamides is 1. The van der Waals surface area contributed by atoms with Crippen molar-refractivity contribution >= 4 is 26.0 Å². The van der Waals surface area contributed by atoms with Crippen molar-refractivity contribution in [2.24, 2.45) is 5.14 Å². The summed E-state index contributed by atoms with van der Waals surface area (Å²) in [5, 5.41) is 4.09. The van der Waals surface area contributed by atoms with Crippen molar-refractivity contribution in [3.05, 3.63) is 26.5 Å². The Bertz CT molecular complexity index is 540. The van der Waals surface area contributed by atoms with Crippen molar-refractivity contribution in [1.82, 2.24) is 4.98 Å². The van der Waals surface area contributed by atoms with Crippen molar-refractivity contribution in [1.29, 1.82) is 0 Å². The van der Waals surface area contributed by atoms with E-state index in [2.05, 4.69) is 20.9 Å². The van der Waals surface area contributed by atoms with E-state index in [9.17, 15) is 22.0 Å². The fourth-order valence-electron chi connectivity index (χ4n) is 0.873. The van der Waals surface area contributed by atoms with Crippen LogP contribution in [0.4, 0.5) is 8.78 Å². The number of alkyl halides is 2. The predicted octanol–water partition coefficient (Wildman–Crippen LogP) is 0.722. The Morgan fingerprint density at radius 1 is 1.47 bits per heavy atom. The molecular formula is C6H5BrF2N2O3S. The van der Waals surface area contributed by atoms with Crippen LogP contribution in [-0.4, -0.2) is 13.4 Å². The monoisotopic (exact) mass is 302 g/mol. The van der Waals surface area contributed by atoms with Crippen LogP contribution >= 0.6 is 15.9 Å². The Morgan fingerprint density at radius 2 is 2.00 bits per heavy atom. The van der Waals surface area contributed by atoms with Crippen LogP contribution in [0.2, 0.25) is 0 Å². The van der Waals surface area contributed by atoms with E-state index in [-0.39, 0.29) is 0 Å². The van der Waals surface area contributed by atoms with Crippen molar-refractivity contribution in [2.45, 2.75) is 11.5 Å². The molecule has 0 fully saturated rings. The quantitative estimate of drug-likeness (QED) is 0.788. The molecule has 1 rings (SSSR count). The number of nitrogens with two attached hydrogens (primary N) is 1. The SMILES string of the molecule is NS(=O)(=O)c1cc(=O)c(C(F)F)c(Br)[nH]1. The van der Waals surface area contributed by atoms with Gasteiger partial charge in [0.25, 0.3) is 16.4 Å². The lowest BCUT2D eigenvalue weighted by atomic mass is 10.3. The maximum atomic E-state index is 12.3. The topological polar surface area (TPSA) is 93.0 Å². The van der Waals surface area contributed by atoms with E-state index in [0.717, 1.165) is 0 Å². The van der Waals surface area contributed by atoms with Crippen LogP contribution in [0.1, 0.15) is 12.0 Å². The van der Waals surface area contributed by atoms with Gasteiger partial charge < -0.3 is 4.98 Å². The number of halogens is 3. The minimum atomic E-state index is -4.12. The smallest absolute Gasteiger partial charge is 0.270 e. The largest absolute Gasteiger partial charge is 0.339 e. The molecule has 84 valence electrons. The van der Waals surface area contributed by atoms with Gasteiger partial charge in [0, 0.05) is 6.07 Å². The minimum absolute atomic E-state index is 0.394. The first-order valence-corrected chi connectivity index (χ1v) is 5.81. The normalized spacial score (nSPS) is 12.1. The van der Waals surface area contributed by atoms with Gasteiger partial charge >= 0.3 is 0 Å². The summed E-state index contributed by atoms with van der Waals surface area (Å²) in [5.74, 6) is 0. The van der Waals surface area contributed by atoms with Crippen LogP contribution in [0, 0.1) is 0 Å². The number of nitrogens with one attached hydrogen (secondary N) is 1. The van der Waals surface area contributed by atoms with Crippen LogP contribution in [0.5, 0.6) is 0 Å². The highest BCUT2D eigenvalue weighted by atomic mass is 79.9. The third-order valence-corrected chi connectivity index (χ3v) is 2.98. The second-order valence-electron chi connectivity index (χ2n) is 2.57. The van der Waals surface area contributed by atoms with Crippen LogP contribution in [-0.2, 0) is 10.0 Å². The van der Waals surface area contributed by atoms with E-state index >= 15 is 0 Å². The highest BCUT2D eigenvalue weighted by Crippen LogP contribution is 2.22. The zero-order valence-electron chi connectivity index (χ0n) is 7.00. The molecule has 0 aromatic carbocycles. The molecule has 5 nitrogen and oxygen atoms in total. The van der Waals surface area contributed by atoms with E-state index in [1.165, 1.54) is 0 Å². The maximum Gasteiger partial charge on any atom is 0.270 e. The first-order valence-electron chi connectivity index (χ1n) is 3.47. The van der Waals surface area contributed by atoms with E-state index < -0.39 is 37.1 Å². The molecule has 15 heavy (non-hydrogen) atoms. The van der Waals surface area contributed by atoms with Crippen LogP contribution in [0.15, 0.2) is 20.5 Å². The third-order valence-electron chi connectivity index (χ3n) is 1.52. The number of hydrogen-bond donors (Lipinski definition) is 2. The third kappa shape index (κ3) is 2.61. The predicted molar refractivity (Wildman–Crippen MR) is 51.1 cm³/mol. The van der Waals surface area contributed by atoms with Gasteiger partial charge in [-0.15, -0.1) is 0 Å². The molecule has 0 unspecified atom stereocenters. The van der Waals surface area contributed by atoms with Crippen molar-refractivity contribution in [3.8, 4) is 0 Å². The second-order valence-corrected chi connectivity index (χ2v) is 4.89. The van der Waals surface area contributed by atoms with Gasteiger partial charge in [0.15, 0.2) is 10.5 Å². The minimum Gasteiger partial charge on any atom is -0.339 e. The molecule has 1 aromatic rings. The van der Waals surface area contributed by atoms with Crippen LogP contribution in [0.3, 0.4) is 0 Å². The number of hydrogen-bond acceptors (Lipinski definition) is 3. The summed E-state index contributed by atoms with van der Waals surface area (Å²) in [7, 11) is -4.12. The van der Waals surface area contributed by atoms with E-state index in [0.29, 0.717) is 6.07 Å². The van der Waals surface area contributed by atoms with Gasteiger partial charge in [-0.25, -0.2) is 22.3 Å². The summed E-state index contributed by atoms with van der Waals surface area (Å²) >= 11 is 2.64. The standard InChI is InChI=1S/C6H5BrF2N2O3S/c7-5-4(6(8)9)2(12)1-3(11-5)15(10,13)14/h1,6H,(H,11,12)(H2,10,13,14). The molecule has 0 aliphatic heterocycles. The number of rotatable bonds is 2. The fraction of sp³-hybridized carbons (Fsp3) is 0.167. The van der Waals surface area contributed by atoms with Gasteiger partial charge in [0.05, 0.1) is 10.2 Å². The molecule has 9 heteroatoms. The highest BCUT2D eigenvalue weighted by Gasteiger charge is 2.20. The maximum absolute atomic E-state index is 12.3. The van der Waals surface area contributed by atoms with E-state index in [4.69, 9.17) is 5.14 Å². The molecule has 0 aliphatic carbocycles. The van der Waals surface area contributed by atoms with E-state index in [1.54, 1.807) is 0 Å². The summed E-state index contributed by atoms with van der Waals surface area (Å²) < 4.78 is 45.8. The summed E-state index contributed by atoms with van der Waals surface area (Å²) in [6.45, 7) is 0. The van der Waals surface area contributed by atoms with Gasteiger partial charge in [-0.2, -0.15) is 0 Å². The van der Waals surface area contributed by atoms with Gasteiger partial charge in [0.1, 0.15) is 0 Å². The molecule has 0 radical (unpaired) electrons. The first kappa shape index (κ1) is 12.3. The summed E-state index contributed by atoms with van der Waals surface area (Å²) in [5.41, 5.74) is -1.93. The fourth-order valence-corrected chi connectivity index (χ4v) is 2.10. The number of H-pyrrole nitrogens is 1. The van der Waals surface area contributed by atoms with Gasteiger partial charge in [0.2, 0.25) is 0 Å². The Balaban J connectivity index is 3.53. The number of pyridine rings is 1. The van der Waals surface area contributed by atoms with Crippen molar-refractivity contribution in [2.75, 3.05) is 0 Å². The molecule has 0 bridgehead atoms. The average Bonchev–Trinajstić information content (AvgIpc) is 1.99. The van der Waals surface area contributed by atoms with Gasteiger partial charge in [-0.3, -0.25) is 4.79 Å². The Morgan fingerprint density at radius 3 is 2.33 bits per heavy atom. The Labute approximate surface area is 91.5 Å². The molecule has 0 aliphatic rings. The Hall–Kier alpha value is -0.800. The molecule has 1 heterocycles. The lowest BCUT2D eigenvalue weighted by Gasteiger charge is -2.04. The molecule has 0 saturated carbocycles. The van der Waals surface area contributed by atoms with Crippen molar-refractivity contribution < 1.29 is 17.2 Å². The summed E-state index contributed by atoms with van der Waals surface area (Å²) in [6.07, 6.45) is -3.00. The second kappa shape index (κ2) is 3.99. The Kier molecular flexibility index (Phi) is 3.26. The molecule has 0 amide bonds. The molecule has 3 N–H and O–H groups in total. The van der Waals surface area contributed by atoms with Gasteiger partial charge in [-0.05, 0) is 15.9 Å². The van der Waals surface area contributed by atoms with Crippen LogP contribution in [0.25, 0.3) is 0 Å². The summed E-state index contributed by atoms with van der Waals surface area (Å²) in [4.78, 5) is 13.2. The molecule has 0 atom stereocenters. The lowest BCUT2D eigenvalue weighted by Crippen LogP contribution is -2.19. The van der Waals surface area contributed by atoms with Gasteiger partial charge in [-0.1, -0.05) is 0 Å². The zero-order chi connectivity index (χ0) is 11.8. The molecule has 1 aromatic heterocycles. The van der Waals surface area contributed by atoms with E-state index in [1.807, 2.05) is 0 Å². The molecule has 0 saturated heterocycles. The molecule has 0 spiro atoms. The first-order chi connectivity index (χ1) is 6.73. The average molecular weight is 303 g/mol. The molecular weight excluding hydrogens is 298 g/mol. The van der Waals surface area contributed by atoms with Crippen molar-refractivity contribution in [3.63, 3.8) is 0 Å². The summed E-state index contributed by atoms with van der Waals surface area (Å²) in [6, 6.07) is 0.515. The number of primary sulfonamides is 1. The lowest BCUT2D eigenvalue weighted by molar-refractivity contribution is 0.148. The number of aromatic nitrogens is 1. The number of aromatic amines is 1.